The second-order valence-electron chi connectivity index (χ2n) is 6.73. The van der Waals surface area contributed by atoms with Gasteiger partial charge in [-0.3, -0.25) is 9.59 Å². The van der Waals surface area contributed by atoms with Gasteiger partial charge in [-0.05, 0) is 25.7 Å². The highest BCUT2D eigenvalue weighted by Crippen LogP contribution is 2.19. The Balaban J connectivity index is 2.04. The summed E-state index contributed by atoms with van der Waals surface area (Å²) >= 11 is 0. The quantitative estimate of drug-likeness (QED) is 0.548. The molecule has 22 heavy (non-hydrogen) atoms. The van der Waals surface area contributed by atoms with Crippen LogP contribution in [0.2, 0.25) is 0 Å². The number of hydrogen-bond acceptors (Lipinski definition) is 3. The fourth-order valence-electron chi connectivity index (χ4n) is 3.07. The maximum absolute atomic E-state index is 12.2. The van der Waals surface area contributed by atoms with Crippen LogP contribution in [0.1, 0.15) is 71.6 Å². The van der Waals surface area contributed by atoms with Crippen LogP contribution >= 0.6 is 0 Å². The van der Waals surface area contributed by atoms with Gasteiger partial charge in [-0.2, -0.15) is 0 Å². The van der Waals surface area contributed by atoms with E-state index in [2.05, 4.69) is 0 Å². The number of likely N-dealkylation sites (tertiary alicyclic amines) is 1. The SMILES string of the molecule is COC[C@@H]1CCCN1C(=O)CCCCCCCC(=O)C(C)C. The van der Waals surface area contributed by atoms with E-state index in [9.17, 15) is 9.59 Å². The van der Waals surface area contributed by atoms with Crippen molar-refractivity contribution in [2.75, 3.05) is 20.3 Å². The monoisotopic (exact) mass is 311 g/mol. The third-order valence-corrected chi connectivity index (χ3v) is 4.51. The number of nitrogens with zero attached hydrogens (tertiary/aromatic N) is 1. The van der Waals surface area contributed by atoms with Gasteiger partial charge < -0.3 is 9.64 Å². The molecule has 128 valence electrons. The maximum Gasteiger partial charge on any atom is 0.222 e. The van der Waals surface area contributed by atoms with Gasteiger partial charge in [0.2, 0.25) is 5.91 Å². The number of methoxy groups -OCH3 is 1. The molecule has 0 radical (unpaired) electrons. The molecule has 1 rings (SSSR count). The van der Waals surface area contributed by atoms with Crippen LogP contribution < -0.4 is 0 Å². The standard InChI is InChI=1S/C18H33NO3/c1-15(2)17(20)11-7-5-4-6-8-12-18(21)19-13-9-10-16(19)14-22-3/h15-16H,4-14H2,1-3H3/t16-/m0/s1. The Bertz CT molecular complexity index is 341. The molecule has 0 N–H and O–H groups in total. The zero-order valence-electron chi connectivity index (χ0n) is 14.6. The summed E-state index contributed by atoms with van der Waals surface area (Å²) in [6, 6.07) is 0.291. The van der Waals surface area contributed by atoms with Gasteiger partial charge >= 0.3 is 0 Å². The minimum Gasteiger partial charge on any atom is -0.383 e. The molecular formula is C18H33NO3. The third-order valence-electron chi connectivity index (χ3n) is 4.51. The van der Waals surface area contributed by atoms with Crippen molar-refractivity contribution in [1.82, 2.24) is 4.90 Å². The molecule has 1 aliphatic heterocycles. The van der Waals surface area contributed by atoms with Crippen LogP contribution in [0, 0.1) is 5.92 Å². The summed E-state index contributed by atoms with van der Waals surface area (Å²) < 4.78 is 5.19. The molecule has 0 saturated carbocycles. The number of unbranched alkanes of at least 4 members (excludes halogenated alkanes) is 4. The van der Waals surface area contributed by atoms with E-state index in [4.69, 9.17) is 4.74 Å². The summed E-state index contributed by atoms with van der Waals surface area (Å²) in [7, 11) is 1.70. The normalized spacial score (nSPS) is 18.2. The fraction of sp³-hybridized carbons (Fsp3) is 0.889. The Morgan fingerprint density at radius 3 is 2.36 bits per heavy atom. The topological polar surface area (TPSA) is 46.6 Å². The average Bonchev–Trinajstić information content (AvgIpc) is 2.94. The van der Waals surface area contributed by atoms with Gasteiger partial charge in [-0.15, -0.1) is 0 Å². The van der Waals surface area contributed by atoms with Crippen LogP contribution in [0.4, 0.5) is 0 Å². The van der Waals surface area contributed by atoms with Crippen molar-refractivity contribution >= 4 is 11.7 Å². The third kappa shape index (κ3) is 6.91. The highest BCUT2D eigenvalue weighted by molar-refractivity contribution is 5.80. The summed E-state index contributed by atoms with van der Waals surface area (Å²) in [6.07, 6.45) is 8.81. The Kier molecular flexibility index (Phi) is 9.37. The summed E-state index contributed by atoms with van der Waals surface area (Å²) in [6.45, 7) is 5.48. The van der Waals surface area contributed by atoms with Crippen molar-refractivity contribution < 1.29 is 14.3 Å². The smallest absolute Gasteiger partial charge is 0.222 e. The minimum atomic E-state index is 0.165. The average molecular weight is 311 g/mol. The first-order valence-electron chi connectivity index (χ1n) is 8.87. The van der Waals surface area contributed by atoms with E-state index in [1.54, 1.807) is 7.11 Å². The first-order valence-corrected chi connectivity index (χ1v) is 8.87. The van der Waals surface area contributed by atoms with Crippen LogP contribution in [0.5, 0.6) is 0 Å². The number of rotatable bonds is 11. The second kappa shape index (κ2) is 10.8. The van der Waals surface area contributed by atoms with E-state index >= 15 is 0 Å². The number of Topliss-reactive ketones (excluding diaryl/α,β-unsaturated/α-hetero) is 1. The lowest BCUT2D eigenvalue weighted by Crippen LogP contribution is -2.37. The molecule has 0 aromatic heterocycles. The number of carbonyl (C=O) groups is 2. The Morgan fingerprint density at radius 1 is 1.09 bits per heavy atom. The number of amides is 1. The molecule has 1 amide bonds. The molecule has 1 aliphatic rings. The molecule has 0 spiro atoms. The zero-order chi connectivity index (χ0) is 16.4. The number of hydrogen-bond donors (Lipinski definition) is 0. The summed E-state index contributed by atoms with van der Waals surface area (Å²) in [5, 5.41) is 0. The molecular weight excluding hydrogens is 278 g/mol. The van der Waals surface area contributed by atoms with E-state index in [1.165, 1.54) is 0 Å². The minimum absolute atomic E-state index is 0.165. The first-order chi connectivity index (χ1) is 10.6. The van der Waals surface area contributed by atoms with E-state index in [0.717, 1.165) is 51.5 Å². The fourth-order valence-corrected chi connectivity index (χ4v) is 3.07. The Hall–Kier alpha value is -0.900. The van der Waals surface area contributed by atoms with Crippen molar-refractivity contribution in [2.45, 2.75) is 77.7 Å². The van der Waals surface area contributed by atoms with E-state index in [0.29, 0.717) is 31.3 Å². The Morgan fingerprint density at radius 2 is 1.73 bits per heavy atom. The van der Waals surface area contributed by atoms with Crippen LogP contribution in [0.15, 0.2) is 0 Å². The first kappa shape index (κ1) is 19.1. The second-order valence-corrected chi connectivity index (χ2v) is 6.73. The molecule has 4 nitrogen and oxygen atoms in total. The summed E-state index contributed by atoms with van der Waals surface area (Å²) in [4.78, 5) is 25.7. The maximum atomic E-state index is 12.2. The molecule has 0 aromatic carbocycles. The van der Waals surface area contributed by atoms with Crippen molar-refractivity contribution in [3.8, 4) is 0 Å². The van der Waals surface area contributed by atoms with Crippen molar-refractivity contribution in [2.24, 2.45) is 5.92 Å². The largest absolute Gasteiger partial charge is 0.383 e. The molecule has 0 aromatic rings. The van der Waals surface area contributed by atoms with E-state index in [1.807, 2.05) is 18.7 Å². The lowest BCUT2D eigenvalue weighted by Gasteiger charge is -2.24. The van der Waals surface area contributed by atoms with Crippen LogP contribution in [-0.2, 0) is 14.3 Å². The molecule has 1 fully saturated rings. The molecule has 0 aliphatic carbocycles. The van der Waals surface area contributed by atoms with Gasteiger partial charge in [-0.1, -0.05) is 33.1 Å². The van der Waals surface area contributed by atoms with Gasteiger partial charge in [0, 0.05) is 32.4 Å². The van der Waals surface area contributed by atoms with Gasteiger partial charge in [0.1, 0.15) is 5.78 Å². The van der Waals surface area contributed by atoms with Gasteiger partial charge in [-0.25, -0.2) is 0 Å². The summed E-state index contributed by atoms with van der Waals surface area (Å²) in [5.74, 6) is 0.820. The van der Waals surface area contributed by atoms with E-state index < -0.39 is 0 Å². The predicted octanol–water partition coefficient (Wildman–Crippen LogP) is 3.58. The zero-order valence-corrected chi connectivity index (χ0v) is 14.6. The molecule has 0 bridgehead atoms. The van der Waals surface area contributed by atoms with Gasteiger partial charge in [0.15, 0.2) is 0 Å². The number of ketones is 1. The van der Waals surface area contributed by atoms with Crippen LogP contribution in [-0.4, -0.2) is 42.9 Å². The van der Waals surface area contributed by atoms with Gasteiger partial charge in [0.25, 0.3) is 0 Å². The van der Waals surface area contributed by atoms with Crippen LogP contribution in [0.25, 0.3) is 0 Å². The number of carbonyl (C=O) groups excluding carboxylic acids is 2. The van der Waals surface area contributed by atoms with Crippen molar-refractivity contribution in [3.05, 3.63) is 0 Å². The molecule has 4 heteroatoms. The summed E-state index contributed by atoms with van der Waals surface area (Å²) in [5.41, 5.74) is 0. The highest BCUT2D eigenvalue weighted by Gasteiger charge is 2.27. The highest BCUT2D eigenvalue weighted by atomic mass is 16.5. The molecule has 1 heterocycles. The van der Waals surface area contributed by atoms with E-state index in [-0.39, 0.29) is 11.8 Å². The lowest BCUT2D eigenvalue weighted by atomic mass is 10.0. The molecule has 0 unspecified atom stereocenters. The van der Waals surface area contributed by atoms with Crippen LogP contribution in [0.3, 0.4) is 0 Å². The van der Waals surface area contributed by atoms with Crippen molar-refractivity contribution in [1.29, 1.82) is 0 Å². The molecule has 1 atom stereocenters. The number of ether oxygens (including phenoxy) is 1. The predicted molar refractivity (Wildman–Crippen MR) is 88.8 cm³/mol. The Labute approximate surface area is 135 Å². The van der Waals surface area contributed by atoms with Gasteiger partial charge in [0.05, 0.1) is 12.6 Å². The lowest BCUT2D eigenvalue weighted by molar-refractivity contribution is -0.133. The van der Waals surface area contributed by atoms with Crippen molar-refractivity contribution in [3.63, 3.8) is 0 Å². The molecule has 1 saturated heterocycles.